The van der Waals surface area contributed by atoms with Crippen LogP contribution in [0.3, 0.4) is 0 Å². The van der Waals surface area contributed by atoms with Crippen molar-refractivity contribution in [2.75, 3.05) is 7.11 Å². The molecule has 0 aromatic heterocycles. The van der Waals surface area contributed by atoms with Gasteiger partial charge >= 0.3 is 5.97 Å². The fourth-order valence-corrected chi connectivity index (χ4v) is 2.44. The highest BCUT2D eigenvalue weighted by molar-refractivity contribution is 5.70. The molecular formula is C21H36O3. The van der Waals surface area contributed by atoms with E-state index in [1.807, 2.05) is 0 Å². The van der Waals surface area contributed by atoms with Crippen LogP contribution in [-0.4, -0.2) is 23.8 Å². The molecule has 0 amide bonds. The number of esters is 1. The molecule has 0 aliphatic carbocycles. The molecule has 0 bridgehead atoms. The molecule has 0 rings (SSSR count). The number of allylic oxidation sites excluding steroid dienone is 6. The summed E-state index contributed by atoms with van der Waals surface area (Å²) in [7, 11) is 1.34. The molecule has 0 aromatic carbocycles. The van der Waals surface area contributed by atoms with Crippen LogP contribution in [0, 0.1) is 0 Å². The van der Waals surface area contributed by atoms with Crippen LogP contribution in [0.5, 0.6) is 0 Å². The van der Waals surface area contributed by atoms with Gasteiger partial charge in [0.2, 0.25) is 0 Å². The van der Waals surface area contributed by atoms with E-state index in [2.05, 4.69) is 50.7 Å². The van der Waals surface area contributed by atoms with Gasteiger partial charge in [0.05, 0.1) is 19.1 Å². The molecule has 0 radical (unpaired) electrons. The van der Waals surface area contributed by atoms with Crippen molar-refractivity contribution in [2.45, 2.75) is 85.2 Å². The van der Waals surface area contributed by atoms with Gasteiger partial charge in [0.1, 0.15) is 0 Å². The summed E-state index contributed by atoms with van der Waals surface area (Å²) in [6.45, 7) is 10.3. The molecule has 1 atom stereocenters. The highest BCUT2D eigenvalue weighted by Gasteiger charge is 2.23. The number of rotatable bonds is 11. The van der Waals surface area contributed by atoms with E-state index in [0.29, 0.717) is 6.42 Å². The van der Waals surface area contributed by atoms with E-state index < -0.39 is 5.60 Å². The van der Waals surface area contributed by atoms with Gasteiger partial charge in [-0.25, -0.2) is 0 Å². The lowest BCUT2D eigenvalue weighted by Crippen LogP contribution is -2.28. The number of methoxy groups -OCH3 is 1. The lowest BCUT2D eigenvalue weighted by Gasteiger charge is -2.21. The van der Waals surface area contributed by atoms with E-state index in [1.54, 1.807) is 6.92 Å². The molecule has 0 spiro atoms. The Morgan fingerprint density at radius 1 is 0.958 bits per heavy atom. The van der Waals surface area contributed by atoms with E-state index in [4.69, 9.17) is 0 Å². The average molecular weight is 337 g/mol. The molecule has 0 heterocycles. The van der Waals surface area contributed by atoms with Gasteiger partial charge < -0.3 is 9.84 Å². The third kappa shape index (κ3) is 13.1. The van der Waals surface area contributed by atoms with Crippen LogP contribution in [-0.2, 0) is 9.53 Å². The molecule has 0 aliphatic heterocycles. The van der Waals surface area contributed by atoms with Crippen molar-refractivity contribution in [1.82, 2.24) is 0 Å². The van der Waals surface area contributed by atoms with E-state index >= 15 is 0 Å². The SMILES string of the molecule is COC(=O)CC(C)(O)CC/C=C(\C)CC/C=C(\C)CCC=C(C)C. The Hall–Kier alpha value is -1.35. The van der Waals surface area contributed by atoms with Gasteiger partial charge in [-0.2, -0.15) is 0 Å². The fourth-order valence-electron chi connectivity index (χ4n) is 2.44. The van der Waals surface area contributed by atoms with Gasteiger partial charge in [-0.05, 0) is 73.1 Å². The smallest absolute Gasteiger partial charge is 0.308 e. The van der Waals surface area contributed by atoms with Crippen molar-refractivity contribution in [3.05, 3.63) is 34.9 Å². The van der Waals surface area contributed by atoms with Gasteiger partial charge in [0.25, 0.3) is 0 Å². The lowest BCUT2D eigenvalue weighted by atomic mass is 9.95. The summed E-state index contributed by atoms with van der Waals surface area (Å²) in [5, 5.41) is 10.2. The molecule has 24 heavy (non-hydrogen) atoms. The van der Waals surface area contributed by atoms with Gasteiger partial charge in [-0.3, -0.25) is 4.79 Å². The first-order valence-electron chi connectivity index (χ1n) is 8.90. The Morgan fingerprint density at radius 2 is 1.46 bits per heavy atom. The molecule has 1 N–H and O–H groups in total. The number of aliphatic hydroxyl groups is 1. The molecule has 0 fully saturated rings. The number of hydrogen-bond acceptors (Lipinski definition) is 3. The standard InChI is InChI=1S/C21H36O3/c1-17(2)10-7-11-18(3)12-8-13-19(4)14-9-15-21(5,23)16-20(22)24-6/h10,12,14,23H,7-9,11,13,15-16H2,1-6H3/b18-12+,19-14+. The van der Waals surface area contributed by atoms with Gasteiger partial charge in [-0.15, -0.1) is 0 Å². The Balaban J connectivity index is 4.10. The first-order chi connectivity index (χ1) is 11.2. The Morgan fingerprint density at radius 3 is 1.96 bits per heavy atom. The molecular weight excluding hydrogens is 300 g/mol. The van der Waals surface area contributed by atoms with Crippen molar-refractivity contribution < 1.29 is 14.6 Å². The average Bonchev–Trinajstić information content (AvgIpc) is 2.45. The predicted octanol–water partition coefficient (Wildman–Crippen LogP) is 5.50. The first-order valence-corrected chi connectivity index (χ1v) is 8.90. The van der Waals surface area contributed by atoms with Crippen molar-refractivity contribution in [1.29, 1.82) is 0 Å². The lowest BCUT2D eigenvalue weighted by molar-refractivity contribution is -0.145. The highest BCUT2D eigenvalue weighted by Crippen LogP contribution is 2.19. The topological polar surface area (TPSA) is 46.5 Å². The minimum atomic E-state index is -0.995. The summed E-state index contributed by atoms with van der Waals surface area (Å²) < 4.78 is 4.61. The van der Waals surface area contributed by atoms with Crippen molar-refractivity contribution >= 4 is 5.97 Å². The quantitative estimate of drug-likeness (QED) is 0.400. The Bertz CT molecular complexity index is 463. The van der Waals surface area contributed by atoms with E-state index in [1.165, 1.54) is 23.8 Å². The van der Waals surface area contributed by atoms with E-state index in [9.17, 15) is 9.90 Å². The van der Waals surface area contributed by atoms with Crippen molar-refractivity contribution in [2.24, 2.45) is 0 Å². The second-order valence-electron chi connectivity index (χ2n) is 7.25. The normalized spacial score (nSPS) is 15.0. The largest absolute Gasteiger partial charge is 0.469 e. The van der Waals surface area contributed by atoms with Gasteiger partial charge in [0.15, 0.2) is 0 Å². The third-order valence-corrected chi connectivity index (χ3v) is 4.05. The summed E-state index contributed by atoms with van der Waals surface area (Å²) in [4.78, 5) is 11.2. The summed E-state index contributed by atoms with van der Waals surface area (Å²) in [6.07, 6.45) is 12.5. The number of carbonyl (C=O) groups is 1. The molecule has 0 aromatic rings. The molecule has 0 saturated heterocycles. The van der Waals surface area contributed by atoms with Gasteiger partial charge in [0, 0.05) is 0 Å². The summed E-state index contributed by atoms with van der Waals surface area (Å²) in [5.41, 5.74) is 3.16. The van der Waals surface area contributed by atoms with Crippen molar-refractivity contribution in [3.63, 3.8) is 0 Å². The molecule has 0 saturated carbocycles. The van der Waals surface area contributed by atoms with Crippen LogP contribution in [0.25, 0.3) is 0 Å². The molecule has 1 unspecified atom stereocenters. The summed E-state index contributed by atoms with van der Waals surface area (Å²) >= 11 is 0. The third-order valence-electron chi connectivity index (χ3n) is 4.05. The zero-order valence-electron chi connectivity index (χ0n) is 16.4. The van der Waals surface area contributed by atoms with Crippen LogP contribution in [0.2, 0.25) is 0 Å². The minimum absolute atomic E-state index is 0.0456. The Kier molecular flexibility index (Phi) is 11.4. The highest BCUT2D eigenvalue weighted by atomic mass is 16.5. The van der Waals surface area contributed by atoms with Crippen molar-refractivity contribution in [3.8, 4) is 0 Å². The number of hydrogen-bond donors (Lipinski definition) is 1. The molecule has 3 heteroatoms. The first kappa shape index (κ1) is 22.6. The zero-order chi connectivity index (χ0) is 18.6. The Labute approximate surface area is 148 Å². The predicted molar refractivity (Wildman–Crippen MR) is 102 cm³/mol. The summed E-state index contributed by atoms with van der Waals surface area (Å²) in [5.74, 6) is -0.366. The van der Waals surface area contributed by atoms with Crippen LogP contribution in [0.1, 0.15) is 79.6 Å². The number of ether oxygens (including phenoxy) is 1. The zero-order valence-corrected chi connectivity index (χ0v) is 16.4. The molecule has 138 valence electrons. The van der Waals surface area contributed by atoms with E-state index in [-0.39, 0.29) is 12.4 Å². The maximum atomic E-state index is 11.2. The second kappa shape index (κ2) is 12.1. The second-order valence-corrected chi connectivity index (χ2v) is 7.25. The minimum Gasteiger partial charge on any atom is -0.469 e. The van der Waals surface area contributed by atoms with Gasteiger partial charge in [-0.1, -0.05) is 34.9 Å². The monoisotopic (exact) mass is 336 g/mol. The van der Waals surface area contributed by atoms with Crippen LogP contribution >= 0.6 is 0 Å². The maximum absolute atomic E-state index is 11.2. The van der Waals surface area contributed by atoms with E-state index in [0.717, 1.165) is 32.1 Å². The fraction of sp³-hybridized carbons (Fsp3) is 0.667. The van der Waals surface area contributed by atoms with Crippen LogP contribution < -0.4 is 0 Å². The van der Waals surface area contributed by atoms with Crippen LogP contribution in [0.4, 0.5) is 0 Å². The molecule has 0 aliphatic rings. The maximum Gasteiger partial charge on any atom is 0.308 e. The van der Waals surface area contributed by atoms with Crippen LogP contribution in [0.15, 0.2) is 34.9 Å². The molecule has 3 nitrogen and oxygen atoms in total. The summed E-state index contributed by atoms with van der Waals surface area (Å²) in [6, 6.07) is 0. The number of carbonyl (C=O) groups excluding carboxylic acids is 1.